The highest BCUT2D eigenvalue weighted by Gasteiger charge is 2.18. The number of aromatic nitrogens is 2. The molecule has 3 aromatic rings. The van der Waals surface area contributed by atoms with Gasteiger partial charge in [-0.25, -0.2) is 9.97 Å². The van der Waals surface area contributed by atoms with Gasteiger partial charge in [-0.15, -0.1) is 0 Å². The smallest absolute Gasteiger partial charge is 0.237 e. The quantitative estimate of drug-likeness (QED) is 0.701. The monoisotopic (exact) mass is 353 g/mol. The molecule has 0 saturated carbocycles. The Morgan fingerprint density at radius 2 is 1.72 bits per heavy atom. The number of methoxy groups -OCH3 is 1. The molecule has 0 radical (unpaired) electrons. The average molecular weight is 353 g/mol. The molecule has 0 bridgehead atoms. The fraction of sp³-hybridized carbons (Fsp3) is 0.211. The van der Waals surface area contributed by atoms with Crippen LogP contribution in [0.25, 0.3) is 11.0 Å². The van der Waals surface area contributed by atoms with Gasteiger partial charge in [-0.2, -0.15) is 0 Å². The summed E-state index contributed by atoms with van der Waals surface area (Å²) in [4.78, 5) is 21.7. The standard InChI is InChI=1S/C19H19N3O2S/c1-12-19(22-15-9-5-4-8-14(15)20-12)25-13(2)18(23)21-16-10-6-7-11-17(16)24-3/h4-11,13H,1-3H3,(H,21,23)/t13-/m0/s1. The molecule has 0 spiro atoms. The maximum Gasteiger partial charge on any atom is 0.237 e. The fourth-order valence-corrected chi connectivity index (χ4v) is 3.26. The highest BCUT2D eigenvalue weighted by Crippen LogP contribution is 2.28. The molecule has 1 amide bonds. The summed E-state index contributed by atoms with van der Waals surface area (Å²) < 4.78 is 5.27. The molecule has 128 valence electrons. The Morgan fingerprint density at radius 3 is 2.44 bits per heavy atom. The van der Waals surface area contributed by atoms with Crippen molar-refractivity contribution in [3.63, 3.8) is 0 Å². The lowest BCUT2D eigenvalue weighted by atomic mass is 10.3. The number of carbonyl (C=O) groups excluding carboxylic acids is 1. The molecule has 1 N–H and O–H groups in total. The Bertz CT molecular complexity index is 914. The Morgan fingerprint density at radius 1 is 1.08 bits per heavy atom. The minimum atomic E-state index is -0.320. The van der Waals surface area contributed by atoms with Crippen molar-refractivity contribution >= 4 is 34.4 Å². The van der Waals surface area contributed by atoms with E-state index in [2.05, 4.69) is 15.3 Å². The first-order valence-electron chi connectivity index (χ1n) is 7.92. The van der Waals surface area contributed by atoms with Gasteiger partial charge in [0.25, 0.3) is 0 Å². The second-order valence-corrected chi connectivity index (χ2v) is 6.88. The van der Waals surface area contributed by atoms with E-state index in [1.807, 2.05) is 62.4 Å². The predicted octanol–water partition coefficient (Wildman–Crippen LogP) is 4.07. The molecular weight excluding hydrogens is 334 g/mol. The number of rotatable bonds is 5. The van der Waals surface area contributed by atoms with Crippen molar-refractivity contribution < 1.29 is 9.53 Å². The summed E-state index contributed by atoms with van der Waals surface area (Å²) >= 11 is 1.40. The van der Waals surface area contributed by atoms with Crippen molar-refractivity contribution in [2.24, 2.45) is 0 Å². The van der Waals surface area contributed by atoms with Crippen LogP contribution in [0.5, 0.6) is 5.75 Å². The van der Waals surface area contributed by atoms with Gasteiger partial charge in [0.1, 0.15) is 10.8 Å². The summed E-state index contributed by atoms with van der Waals surface area (Å²) in [5.41, 5.74) is 3.16. The molecule has 3 rings (SSSR count). The van der Waals surface area contributed by atoms with Crippen LogP contribution in [0.15, 0.2) is 53.6 Å². The summed E-state index contributed by atoms with van der Waals surface area (Å²) in [6, 6.07) is 15.1. The number of benzene rings is 2. The van der Waals surface area contributed by atoms with Crippen LogP contribution in [0.2, 0.25) is 0 Å². The number of ether oxygens (including phenoxy) is 1. The van der Waals surface area contributed by atoms with E-state index in [4.69, 9.17) is 4.74 Å². The molecule has 1 aromatic heterocycles. The number of aryl methyl sites for hydroxylation is 1. The van der Waals surface area contributed by atoms with E-state index in [0.717, 1.165) is 21.8 Å². The molecule has 6 heteroatoms. The SMILES string of the molecule is COc1ccccc1NC(=O)[C@H](C)Sc1nc2ccccc2nc1C. The third-order valence-corrected chi connectivity index (χ3v) is 4.90. The van der Waals surface area contributed by atoms with Gasteiger partial charge >= 0.3 is 0 Å². The number of para-hydroxylation sites is 4. The number of carbonyl (C=O) groups is 1. The maximum atomic E-state index is 12.5. The van der Waals surface area contributed by atoms with Crippen LogP contribution in [-0.2, 0) is 4.79 Å². The summed E-state index contributed by atoms with van der Waals surface area (Å²) in [5, 5.41) is 3.35. The molecule has 1 heterocycles. The molecule has 0 aliphatic rings. The Labute approximate surface area is 150 Å². The number of anilines is 1. The van der Waals surface area contributed by atoms with Gasteiger partial charge in [0, 0.05) is 0 Å². The third-order valence-electron chi connectivity index (χ3n) is 3.72. The number of thioether (sulfide) groups is 1. The number of fused-ring (bicyclic) bond motifs is 1. The minimum Gasteiger partial charge on any atom is -0.495 e. The highest BCUT2D eigenvalue weighted by atomic mass is 32.2. The lowest BCUT2D eigenvalue weighted by molar-refractivity contribution is -0.115. The van der Waals surface area contributed by atoms with Gasteiger partial charge in [0.2, 0.25) is 5.91 Å². The first kappa shape index (κ1) is 17.2. The fourth-order valence-electron chi connectivity index (χ4n) is 2.39. The largest absolute Gasteiger partial charge is 0.495 e. The summed E-state index contributed by atoms with van der Waals surface area (Å²) in [6.07, 6.45) is 0. The van der Waals surface area contributed by atoms with Gasteiger partial charge in [-0.1, -0.05) is 36.0 Å². The van der Waals surface area contributed by atoms with Gasteiger partial charge in [-0.05, 0) is 38.1 Å². The van der Waals surface area contributed by atoms with E-state index in [1.165, 1.54) is 11.8 Å². The zero-order valence-electron chi connectivity index (χ0n) is 14.3. The lowest BCUT2D eigenvalue weighted by Crippen LogP contribution is -2.23. The summed E-state index contributed by atoms with van der Waals surface area (Å²) in [7, 11) is 1.58. The van der Waals surface area contributed by atoms with Crippen LogP contribution in [0, 0.1) is 6.92 Å². The molecule has 0 saturated heterocycles. The number of amides is 1. The lowest BCUT2D eigenvalue weighted by Gasteiger charge is -2.14. The molecule has 0 aliphatic carbocycles. The van der Waals surface area contributed by atoms with E-state index in [0.29, 0.717) is 11.4 Å². The van der Waals surface area contributed by atoms with Crippen molar-refractivity contribution in [3.05, 3.63) is 54.2 Å². The van der Waals surface area contributed by atoms with Gasteiger partial charge < -0.3 is 10.1 Å². The van der Waals surface area contributed by atoms with Gasteiger partial charge in [0.05, 0.1) is 34.8 Å². The number of hydrogen-bond donors (Lipinski definition) is 1. The third kappa shape index (κ3) is 3.91. The summed E-state index contributed by atoms with van der Waals surface area (Å²) in [5.74, 6) is 0.526. The van der Waals surface area contributed by atoms with Crippen LogP contribution in [0.4, 0.5) is 5.69 Å². The second-order valence-electron chi connectivity index (χ2n) is 5.55. The van der Waals surface area contributed by atoms with Crippen molar-refractivity contribution in [1.29, 1.82) is 0 Å². The van der Waals surface area contributed by atoms with Gasteiger partial charge in [0.15, 0.2) is 0 Å². The minimum absolute atomic E-state index is 0.108. The molecule has 5 nitrogen and oxygen atoms in total. The first-order chi connectivity index (χ1) is 12.1. The Kier molecular flexibility index (Phi) is 5.19. The number of nitrogens with one attached hydrogen (secondary N) is 1. The molecule has 1 atom stereocenters. The predicted molar refractivity (Wildman–Crippen MR) is 101 cm³/mol. The second kappa shape index (κ2) is 7.53. The van der Waals surface area contributed by atoms with Crippen LogP contribution in [-0.4, -0.2) is 28.2 Å². The normalized spacial score (nSPS) is 12.0. The molecule has 2 aromatic carbocycles. The number of nitrogens with zero attached hydrogens (tertiary/aromatic N) is 2. The molecule has 0 unspecified atom stereocenters. The molecule has 0 aliphatic heterocycles. The van der Waals surface area contributed by atoms with Crippen molar-refractivity contribution in [1.82, 2.24) is 9.97 Å². The van der Waals surface area contributed by atoms with Crippen molar-refractivity contribution in [3.8, 4) is 5.75 Å². The van der Waals surface area contributed by atoms with E-state index in [1.54, 1.807) is 7.11 Å². The molecular formula is C19H19N3O2S. The summed E-state index contributed by atoms with van der Waals surface area (Å²) in [6.45, 7) is 3.76. The van der Waals surface area contributed by atoms with Crippen LogP contribution >= 0.6 is 11.8 Å². The van der Waals surface area contributed by atoms with Crippen molar-refractivity contribution in [2.45, 2.75) is 24.1 Å². The van der Waals surface area contributed by atoms with Crippen LogP contribution < -0.4 is 10.1 Å². The molecule has 25 heavy (non-hydrogen) atoms. The first-order valence-corrected chi connectivity index (χ1v) is 8.80. The van der Waals surface area contributed by atoms with E-state index < -0.39 is 0 Å². The van der Waals surface area contributed by atoms with Crippen LogP contribution in [0.3, 0.4) is 0 Å². The highest BCUT2D eigenvalue weighted by molar-refractivity contribution is 8.00. The van der Waals surface area contributed by atoms with Crippen LogP contribution in [0.1, 0.15) is 12.6 Å². The molecule has 0 fully saturated rings. The van der Waals surface area contributed by atoms with E-state index in [-0.39, 0.29) is 11.2 Å². The van der Waals surface area contributed by atoms with E-state index >= 15 is 0 Å². The zero-order valence-corrected chi connectivity index (χ0v) is 15.1. The topological polar surface area (TPSA) is 64.1 Å². The van der Waals surface area contributed by atoms with E-state index in [9.17, 15) is 4.79 Å². The average Bonchev–Trinajstić information content (AvgIpc) is 2.62. The van der Waals surface area contributed by atoms with Crippen molar-refractivity contribution in [2.75, 3.05) is 12.4 Å². The maximum absolute atomic E-state index is 12.5. The zero-order chi connectivity index (χ0) is 17.8. The Hall–Kier alpha value is -2.60. The number of hydrogen-bond acceptors (Lipinski definition) is 5. The van der Waals surface area contributed by atoms with Gasteiger partial charge in [-0.3, -0.25) is 4.79 Å². The Balaban J connectivity index is 1.76.